The standard InChI is InChI=1S/C24H26N2O5/c1-5-17-13-22(28)31-20-11-14(2)10-19(23(17)20)30-15(3)24(29)26-18-8-6-16(7-9-18)12-21(27)25-4/h6-11,13,15H,5,12H2,1-4H3,(H,25,27)(H,26,29). The van der Waals surface area contributed by atoms with E-state index >= 15 is 0 Å². The molecule has 3 rings (SSSR count). The maximum absolute atomic E-state index is 12.7. The van der Waals surface area contributed by atoms with Crippen molar-refractivity contribution in [3.8, 4) is 5.75 Å². The van der Waals surface area contributed by atoms with E-state index in [-0.39, 0.29) is 18.2 Å². The van der Waals surface area contributed by atoms with Gasteiger partial charge in [-0.15, -0.1) is 0 Å². The average molecular weight is 422 g/mol. The first-order valence-electron chi connectivity index (χ1n) is 10.1. The molecular formula is C24H26N2O5. The van der Waals surface area contributed by atoms with Crippen LogP contribution in [0.5, 0.6) is 5.75 Å². The molecule has 0 aliphatic heterocycles. The van der Waals surface area contributed by atoms with E-state index in [9.17, 15) is 14.4 Å². The highest BCUT2D eigenvalue weighted by Crippen LogP contribution is 2.31. The van der Waals surface area contributed by atoms with Crippen LogP contribution in [-0.2, 0) is 22.4 Å². The summed E-state index contributed by atoms with van der Waals surface area (Å²) in [5.74, 6) is 0.106. The molecule has 162 valence electrons. The van der Waals surface area contributed by atoms with Crippen molar-refractivity contribution in [2.45, 2.75) is 39.7 Å². The molecule has 1 heterocycles. The van der Waals surface area contributed by atoms with Gasteiger partial charge in [0.2, 0.25) is 5.91 Å². The lowest BCUT2D eigenvalue weighted by Gasteiger charge is -2.18. The van der Waals surface area contributed by atoms with Crippen LogP contribution in [0, 0.1) is 6.92 Å². The predicted octanol–water partition coefficient (Wildman–Crippen LogP) is 3.36. The lowest BCUT2D eigenvalue weighted by molar-refractivity contribution is -0.122. The maximum atomic E-state index is 12.7. The van der Waals surface area contributed by atoms with Crippen molar-refractivity contribution < 1.29 is 18.7 Å². The Morgan fingerprint density at radius 2 is 1.84 bits per heavy atom. The van der Waals surface area contributed by atoms with Crippen LogP contribution in [0.2, 0.25) is 0 Å². The number of hydrogen-bond acceptors (Lipinski definition) is 5. The molecule has 0 fully saturated rings. The Kier molecular flexibility index (Phi) is 6.74. The Morgan fingerprint density at radius 1 is 1.13 bits per heavy atom. The van der Waals surface area contributed by atoms with E-state index in [1.165, 1.54) is 6.07 Å². The van der Waals surface area contributed by atoms with Crippen LogP contribution in [0.15, 0.2) is 51.7 Å². The third kappa shape index (κ3) is 5.31. The SMILES string of the molecule is CCc1cc(=O)oc2cc(C)cc(OC(C)C(=O)Nc3ccc(CC(=O)NC)cc3)c12. The minimum absolute atomic E-state index is 0.0773. The van der Waals surface area contributed by atoms with Crippen molar-refractivity contribution in [2.75, 3.05) is 12.4 Å². The molecule has 1 unspecified atom stereocenters. The number of aryl methyl sites for hydroxylation is 2. The van der Waals surface area contributed by atoms with Crippen molar-refractivity contribution in [3.05, 3.63) is 69.6 Å². The molecular weight excluding hydrogens is 396 g/mol. The number of carbonyl (C=O) groups is 2. The summed E-state index contributed by atoms with van der Waals surface area (Å²) in [7, 11) is 1.59. The molecule has 31 heavy (non-hydrogen) atoms. The average Bonchev–Trinajstić information content (AvgIpc) is 2.73. The monoisotopic (exact) mass is 422 g/mol. The van der Waals surface area contributed by atoms with Gasteiger partial charge in [-0.1, -0.05) is 19.1 Å². The zero-order valence-electron chi connectivity index (χ0n) is 18.1. The van der Waals surface area contributed by atoms with E-state index in [1.807, 2.05) is 19.9 Å². The highest BCUT2D eigenvalue weighted by molar-refractivity contribution is 5.95. The van der Waals surface area contributed by atoms with Gasteiger partial charge in [0.05, 0.1) is 11.8 Å². The molecule has 0 radical (unpaired) electrons. The summed E-state index contributed by atoms with van der Waals surface area (Å²) in [4.78, 5) is 36.0. The molecule has 2 amide bonds. The van der Waals surface area contributed by atoms with Crippen LogP contribution in [-0.4, -0.2) is 25.0 Å². The number of likely N-dealkylation sites (N-methyl/N-ethyl adjacent to an activating group) is 1. The lowest BCUT2D eigenvalue weighted by Crippen LogP contribution is -2.30. The van der Waals surface area contributed by atoms with Crippen molar-refractivity contribution >= 4 is 28.5 Å². The highest BCUT2D eigenvalue weighted by Gasteiger charge is 2.19. The summed E-state index contributed by atoms with van der Waals surface area (Å²) in [6.45, 7) is 5.48. The third-order valence-electron chi connectivity index (χ3n) is 4.95. The number of amides is 2. The molecule has 3 aromatic rings. The van der Waals surface area contributed by atoms with Crippen LogP contribution in [0.4, 0.5) is 5.69 Å². The number of benzene rings is 2. The zero-order valence-corrected chi connectivity index (χ0v) is 18.1. The first kappa shape index (κ1) is 22.1. The predicted molar refractivity (Wildman–Crippen MR) is 120 cm³/mol. The summed E-state index contributed by atoms with van der Waals surface area (Å²) < 4.78 is 11.3. The van der Waals surface area contributed by atoms with E-state index in [0.717, 1.165) is 16.7 Å². The van der Waals surface area contributed by atoms with Crippen molar-refractivity contribution in [1.29, 1.82) is 0 Å². The first-order valence-corrected chi connectivity index (χ1v) is 10.1. The van der Waals surface area contributed by atoms with Gasteiger partial charge in [0.15, 0.2) is 6.10 Å². The van der Waals surface area contributed by atoms with Gasteiger partial charge in [0, 0.05) is 18.8 Å². The van der Waals surface area contributed by atoms with E-state index in [2.05, 4.69) is 10.6 Å². The third-order valence-corrected chi connectivity index (χ3v) is 4.95. The van der Waals surface area contributed by atoms with Gasteiger partial charge in [-0.25, -0.2) is 4.79 Å². The number of ether oxygens (including phenoxy) is 1. The van der Waals surface area contributed by atoms with Gasteiger partial charge in [0.25, 0.3) is 5.91 Å². The van der Waals surface area contributed by atoms with Crippen molar-refractivity contribution in [2.24, 2.45) is 0 Å². The number of fused-ring (bicyclic) bond motifs is 1. The van der Waals surface area contributed by atoms with E-state index in [4.69, 9.17) is 9.15 Å². The fraction of sp³-hybridized carbons (Fsp3) is 0.292. The van der Waals surface area contributed by atoms with Crippen LogP contribution in [0.3, 0.4) is 0 Å². The number of rotatable bonds is 7. The fourth-order valence-electron chi connectivity index (χ4n) is 3.31. The summed E-state index contributed by atoms with van der Waals surface area (Å²) >= 11 is 0. The molecule has 7 heteroatoms. The Hall–Kier alpha value is -3.61. The number of nitrogens with one attached hydrogen (secondary N) is 2. The van der Waals surface area contributed by atoms with Gasteiger partial charge in [-0.3, -0.25) is 9.59 Å². The topological polar surface area (TPSA) is 97.6 Å². The van der Waals surface area contributed by atoms with Gasteiger partial charge >= 0.3 is 5.63 Å². The van der Waals surface area contributed by atoms with Crippen LogP contribution < -0.4 is 21.0 Å². The minimum atomic E-state index is -0.785. The molecule has 0 saturated carbocycles. The largest absolute Gasteiger partial charge is 0.480 e. The Morgan fingerprint density at radius 3 is 2.48 bits per heavy atom. The smallest absolute Gasteiger partial charge is 0.336 e. The summed E-state index contributed by atoms with van der Waals surface area (Å²) in [5.41, 5.74) is 3.15. The van der Waals surface area contributed by atoms with E-state index in [0.29, 0.717) is 28.8 Å². The van der Waals surface area contributed by atoms with Crippen LogP contribution >= 0.6 is 0 Å². The normalized spacial score (nSPS) is 11.7. The second-order valence-electron chi connectivity index (χ2n) is 7.38. The summed E-state index contributed by atoms with van der Waals surface area (Å²) in [6.07, 6.45) is 0.123. The molecule has 0 saturated heterocycles. The molecule has 0 bridgehead atoms. The maximum Gasteiger partial charge on any atom is 0.336 e. The summed E-state index contributed by atoms with van der Waals surface area (Å²) in [5, 5.41) is 6.10. The molecule has 0 spiro atoms. The lowest BCUT2D eigenvalue weighted by atomic mass is 10.0. The van der Waals surface area contributed by atoms with E-state index in [1.54, 1.807) is 44.3 Å². The van der Waals surface area contributed by atoms with E-state index < -0.39 is 11.7 Å². The molecule has 7 nitrogen and oxygen atoms in total. The Labute approximate surface area is 180 Å². The molecule has 2 N–H and O–H groups in total. The van der Waals surface area contributed by atoms with Crippen molar-refractivity contribution in [3.63, 3.8) is 0 Å². The molecule has 1 aromatic heterocycles. The number of anilines is 1. The van der Waals surface area contributed by atoms with Crippen molar-refractivity contribution in [1.82, 2.24) is 5.32 Å². The number of carbonyl (C=O) groups excluding carboxylic acids is 2. The van der Waals surface area contributed by atoms with Gasteiger partial charge in [-0.05, 0) is 61.2 Å². The minimum Gasteiger partial charge on any atom is -0.480 e. The first-order chi connectivity index (χ1) is 14.8. The van der Waals surface area contributed by atoms with Gasteiger partial charge in [-0.2, -0.15) is 0 Å². The van der Waals surface area contributed by atoms with Crippen LogP contribution in [0.1, 0.15) is 30.5 Å². The van der Waals surface area contributed by atoms with Gasteiger partial charge < -0.3 is 19.8 Å². The molecule has 0 aliphatic rings. The fourth-order valence-corrected chi connectivity index (χ4v) is 3.31. The Bertz CT molecular complexity index is 1170. The Balaban J connectivity index is 1.77. The van der Waals surface area contributed by atoms with Crippen LogP contribution in [0.25, 0.3) is 11.0 Å². The molecule has 0 aliphatic carbocycles. The summed E-state index contributed by atoms with van der Waals surface area (Å²) in [6, 6.07) is 12.1. The second-order valence-corrected chi connectivity index (χ2v) is 7.38. The quantitative estimate of drug-likeness (QED) is 0.569. The molecule has 1 atom stereocenters. The number of hydrogen-bond donors (Lipinski definition) is 2. The van der Waals surface area contributed by atoms with Gasteiger partial charge in [0.1, 0.15) is 11.3 Å². The molecule has 2 aromatic carbocycles. The zero-order chi connectivity index (χ0) is 22.5. The second kappa shape index (κ2) is 9.47. The highest BCUT2D eigenvalue weighted by atomic mass is 16.5.